The Morgan fingerprint density at radius 2 is 2.09 bits per heavy atom. The van der Waals surface area contributed by atoms with E-state index in [4.69, 9.17) is 16.3 Å². The molecule has 0 amide bonds. The molecule has 0 atom stereocenters. The molecule has 5 nitrogen and oxygen atoms in total. The minimum Gasteiger partial charge on any atom is -0.474 e. The van der Waals surface area contributed by atoms with Gasteiger partial charge in [-0.15, -0.1) is 0 Å². The number of pyridine rings is 2. The number of halogens is 1. The Bertz CT molecular complexity index is 861. The Morgan fingerprint density at radius 1 is 1.35 bits per heavy atom. The Hall–Kier alpha value is -1.66. The van der Waals surface area contributed by atoms with E-state index in [1.165, 1.54) is 0 Å². The predicted octanol–water partition coefficient (Wildman–Crippen LogP) is 3.27. The van der Waals surface area contributed by atoms with Crippen molar-refractivity contribution in [2.45, 2.75) is 31.1 Å². The van der Waals surface area contributed by atoms with Gasteiger partial charge in [-0.1, -0.05) is 31.2 Å². The van der Waals surface area contributed by atoms with Crippen LogP contribution in [0.1, 0.15) is 25.3 Å². The summed E-state index contributed by atoms with van der Waals surface area (Å²) in [5, 5.41) is 1.69. The van der Waals surface area contributed by atoms with E-state index in [1.54, 1.807) is 31.5 Å². The molecular weight excluding hydrogens is 336 g/mol. The third kappa shape index (κ3) is 3.05. The van der Waals surface area contributed by atoms with Gasteiger partial charge in [-0.3, -0.25) is 0 Å². The van der Waals surface area contributed by atoms with Crippen molar-refractivity contribution in [2.75, 3.05) is 5.75 Å². The van der Waals surface area contributed by atoms with Gasteiger partial charge in [0, 0.05) is 41.9 Å². The number of nitrogens with zero attached hydrogens (tertiary/aromatic N) is 2. The van der Waals surface area contributed by atoms with Gasteiger partial charge in [-0.25, -0.2) is 18.4 Å². The standard InChI is InChI=1S/C16H17ClN2O3S/c1-3-10-8-19-16(14-9-18-15(17)7-13(10)14)22-11-5-12(6-11)23(20,21)4-2/h3,7-9,11-12H,1,4-6H2,2H3. The summed E-state index contributed by atoms with van der Waals surface area (Å²) in [4.78, 5) is 8.39. The number of hydrogen-bond donors (Lipinski definition) is 0. The number of ether oxygens (including phenoxy) is 1. The first kappa shape index (κ1) is 16.2. The maximum Gasteiger partial charge on any atom is 0.223 e. The first-order valence-electron chi connectivity index (χ1n) is 7.39. The molecule has 122 valence electrons. The first-order valence-corrected chi connectivity index (χ1v) is 9.49. The van der Waals surface area contributed by atoms with Gasteiger partial charge >= 0.3 is 0 Å². The van der Waals surface area contributed by atoms with Crippen molar-refractivity contribution in [3.05, 3.63) is 35.8 Å². The molecule has 0 aromatic carbocycles. The fourth-order valence-corrected chi connectivity index (χ4v) is 4.31. The summed E-state index contributed by atoms with van der Waals surface area (Å²) in [5.41, 5.74) is 0.844. The molecular formula is C16H17ClN2O3S. The molecule has 0 unspecified atom stereocenters. The highest BCUT2D eigenvalue weighted by Gasteiger charge is 2.39. The summed E-state index contributed by atoms with van der Waals surface area (Å²) in [6.07, 6.45) is 5.85. The summed E-state index contributed by atoms with van der Waals surface area (Å²) in [7, 11) is -2.99. The molecule has 0 spiro atoms. The van der Waals surface area contributed by atoms with Gasteiger partial charge in [0.05, 0.1) is 10.6 Å². The third-order valence-electron chi connectivity index (χ3n) is 4.19. The zero-order chi connectivity index (χ0) is 16.6. The highest BCUT2D eigenvalue weighted by atomic mass is 35.5. The lowest BCUT2D eigenvalue weighted by Crippen LogP contribution is -2.43. The normalized spacial score (nSPS) is 21.0. The fourth-order valence-electron chi connectivity index (χ4n) is 2.66. The Morgan fingerprint density at radius 3 is 2.74 bits per heavy atom. The van der Waals surface area contributed by atoms with Crippen molar-refractivity contribution >= 4 is 38.3 Å². The van der Waals surface area contributed by atoms with E-state index in [1.807, 2.05) is 0 Å². The Balaban J connectivity index is 1.84. The van der Waals surface area contributed by atoms with Gasteiger partial charge in [0.15, 0.2) is 9.84 Å². The average molecular weight is 353 g/mol. The van der Waals surface area contributed by atoms with Crippen LogP contribution in [0.25, 0.3) is 16.8 Å². The van der Waals surface area contributed by atoms with Crippen LogP contribution in [0.2, 0.25) is 5.15 Å². The second-order valence-corrected chi connectivity index (χ2v) is 8.52. The van der Waals surface area contributed by atoms with Gasteiger partial charge in [0.25, 0.3) is 0 Å². The van der Waals surface area contributed by atoms with Crippen molar-refractivity contribution in [2.24, 2.45) is 0 Å². The molecule has 7 heteroatoms. The molecule has 0 N–H and O–H groups in total. The van der Waals surface area contributed by atoms with Gasteiger partial charge in [0.1, 0.15) is 11.3 Å². The second kappa shape index (κ2) is 6.09. The van der Waals surface area contributed by atoms with E-state index < -0.39 is 9.84 Å². The van der Waals surface area contributed by atoms with Crippen molar-refractivity contribution in [3.63, 3.8) is 0 Å². The zero-order valence-corrected chi connectivity index (χ0v) is 14.3. The highest BCUT2D eigenvalue weighted by Crippen LogP contribution is 2.34. The van der Waals surface area contributed by atoms with Crippen LogP contribution >= 0.6 is 11.6 Å². The number of hydrogen-bond acceptors (Lipinski definition) is 5. The average Bonchev–Trinajstić information content (AvgIpc) is 2.49. The van der Waals surface area contributed by atoms with Crippen LogP contribution in [0.15, 0.2) is 25.0 Å². The fraction of sp³-hybridized carbons (Fsp3) is 0.375. The summed E-state index contributed by atoms with van der Waals surface area (Å²) in [5.74, 6) is 0.620. The number of sulfone groups is 1. The maximum absolute atomic E-state index is 11.8. The lowest BCUT2D eigenvalue weighted by Gasteiger charge is -2.34. The van der Waals surface area contributed by atoms with Crippen molar-refractivity contribution in [1.82, 2.24) is 9.97 Å². The monoisotopic (exact) mass is 352 g/mol. The summed E-state index contributed by atoms with van der Waals surface area (Å²) < 4.78 is 29.5. The minimum atomic E-state index is -2.99. The van der Waals surface area contributed by atoms with Crippen molar-refractivity contribution in [1.29, 1.82) is 0 Å². The van der Waals surface area contributed by atoms with Crippen molar-refractivity contribution in [3.8, 4) is 5.88 Å². The van der Waals surface area contributed by atoms with Crippen LogP contribution in [0.5, 0.6) is 5.88 Å². The van der Waals surface area contributed by atoms with Gasteiger partial charge < -0.3 is 4.74 Å². The lowest BCUT2D eigenvalue weighted by atomic mass is 9.95. The third-order valence-corrected chi connectivity index (χ3v) is 6.60. The summed E-state index contributed by atoms with van der Waals surface area (Å²) in [6.45, 7) is 5.43. The number of aromatic nitrogens is 2. The van der Waals surface area contributed by atoms with Crippen LogP contribution in [-0.2, 0) is 9.84 Å². The van der Waals surface area contributed by atoms with Crippen LogP contribution < -0.4 is 4.74 Å². The second-order valence-electron chi connectivity index (χ2n) is 5.56. The predicted molar refractivity (Wildman–Crippen MR) is 91.5 cm³/mol. The Labute approximate surface area is 140 Å². The van der Waals surface area contributed by atoms with Crippen LogP contribution in [0, 0.1) is 0 Å². The van der Waals surface area contributed by atoms with E-state index in [-0.39, 0.29) is 17.1 Å². The molecule has 1 aliphatic carbocycles. The molecule has 1 saturated carbocycles. The molecule has 0 radical (unpaired) electrons. The maximum atomic E-state index is 11.8. The SMILES string of the molecule is C=Cc1cnc(OC2CC(S(=O)(=O)CC)C2)c2cnc(Cl)cc12. The minimum absolute atomic E-state index is 0.137. The lowest BCUT2D eigenvalue weighted by molar-refractivity contribution is 0.119. The highest BCUT2D eigenvalue weighted by molar-refractivity contribution is 7.92. The van der Waals surface area contributed by atoms with Gasteiger partial charge in [-0.2, -0.15) is 0 Å². The molecule has 0 saturated heterocycles. The molecule has 2 aromatic heterocycles. The van der Waals surface area contributed by atoms with E-state index in [9.17, 15) is 8.42 Å². The summed E-state index contributed by atoms with van der Waals surface area (Å²) >= 11 is 5.96. The van der Waals surface area contributed by atoms with Crippen LogP contribution in [0.4, 0.5) is 0 Å². The first-order chi connectivity index (χ1) is 10.9. The number of fused-ring (bicyclic) bond motifs is 1. The topological polar surface area (TPSA) is 69.2 Å². The number of rotatable bonds is 5. The molecule has 0 aliphatic heterocycles. The smallest absolute Gasteiger partial charge is 0.223 e. The molecule has 1 aliphatic rings. The van der Waals surface area contributed by atoms with E-state index in [0.29, 0.717) is 23.9 Å². The van der Waals surface area contributed by atoms with Crippen LogP contribution in [0.3, 0.4) is 0 Å². The molecule has 2 aromatic rings. The molecule has 1 fully saturated rings. The quantitative estimate of drug-likeness (QED) is 0.772. The van der Waals surface area contributed by atoms with E-state index >= 15 is 0 Å². The van der Waals surface area contributed by atoms with Gasteiger partial charge in [0.2, 0.25) is 5.88 Å². The molecule has 2 heterocycles. The molecule has 23 heavy (non-hydrogen) atoms. The Kier molecular flexibility index (Phi) is 4.29. The molecule has 0 bridgehead atoms. The van der Waals surface area contributed by atoms with E-state index in [2.05, 4.69) is 16.5 Å². The molecule has 3 rings (SSSR count). The van der Waals surface area contributed by atoms with Gasteiger partial charge in [-0.05, 0) is 6.07 Å². The summed E-state index contributed by atoms with van der Waals surface area (Å²) in [6, 6.07) is 1.74. The van der Waals surface area contributed by atoms with E-state index in [0.717, 1.165) is 16.3 Å². The zero-order valence-electron chi connectivity index (χ0n) is 12.7. The van der Waals surface area contributed by atoms with Crippen LogP contribution in [-0.4, -0.2) is 35.5 Å². The largest absolute Gasteiger partial charge is 0.474 e. The van der Waals surface area contributed by atoms with Crippen molar-refractivity contribution < 1.29 is 13.2 Å².